The van der Waals surface area contributed by atoms with Gasteiger partial charge in [-0.3, -0.25) is 4.79 Å². The number of benzene rings is 2. The second-order valence-corrected chi connectivity index (χ2v) is 8.83. The number of carbonyl (C=O) groups excluding carboxylic acids is 1. The molecular weight excluding hydrogens is 404 g/mol. The number of hydrogen-bond acceptors (Lipinski definition) is 3. The number of carbonyl (C=O) groups is 1. The summed E-state index contributed by atoms with van der Waals surface area (Å²) >= 11 is 3.31. The highest BCUT2D eigenvalue weighted by atomic mass is 79.9. The van der Waals surface area contributed by atoms with E-state index in [0.29, 0.717) is 31.5 Å². The topological polar surface area (TPSA) is 66.5 Å². The maximum absolute atomic E-state index is 12.7. The van der Waals surface area contributed by atoms with Crippen LogP contribution in [0.15, 0.2) is 64.0 Å². The highest BCUT2D eigenvalue weighted by molar-refractivity contribution is 9.10. The Labute approximate surface area is 156 Å². The Morgan fingerprint density at radius 3 is 2.36 bits per heavy atom. The Kier molecular flexibility index (Phi) is 5.56. The predicted octanol–water partition coefficient (Wildman–Crippen LogP) is 3.03. The van der Waals surface area contributed by atoms with Crippen LogP contribution in [0.1, 0.15) is 23.2 Å². The summed E-state index contributed by atoms with van der Waals surface area (Å²) in [5, 5.41) is 2.99. The van der Waals surface area contributed by atoms with Crippen molar-refractivity contribution >= 4 is 31.9 Å². The lowest BCUT2D eigenvalue weighted by atomic mass is 10.1. The van der Waals surface area contributed by atoms with Crippen LogP contribution in [0, 0.1) is 0 Å². The van der Waals surface area contributed by atoms with Crippen LogP contribution < -0.4 is 5.32 Å². The van der Waals surface area contributed by atoms with Crippen molar-refractivity contribution in [2.45, 2.75) is 23.8 Å². The number of piperidine rings is 1. The summed E-state index contributed by atoms with van der Waals surface area (Å²) in [6.45, 7) is 0.795. The minimum atomic E-state index is -3.50. The van der Waals surface area contributed by atoms with E-state index in [1.54, 1.807) is 36.4 Å². The fraction of sp³-hybridized carbons (Fsp3) is 0.278. The van der Waals surface area contributed by atoms with E-state index in [9.17, 15) is 13.2 Å². The first-order valence-electron chi connectivity index (χ1n) is 8.08. The molecule has 25 heavy (non-hydrogen) atoms. The summed E-state index contributed by atoms with van der Waals surface area (Å²) in [6, 6.07) is 15.7. The minimum absolute atomic E-state index is 0.0123. The number of hydrogen-bond donors (Lipinski definition) is 1. The molecule has 0 atom stereocenters. The second kappa shape index (κ2) is 7.68. The van der Waals surface area contributed by atoms with Crippen LogP contribution in [-0.4, -0.2) is 37.8 Å². The van der Waals surface area contributed by atoms with Crippen LogP contribution in [0.4, 0.5) is 0 Å². The molecule has 0 spiro atoms. The zero-order valence-corrected chi connectivity index (χ0v) is 16.0. The third kappa shape index (κ3) is 4.29. The Bertz CT molecular complexity index is 848. The van der Waals surface area contributed by atoms with Gasteiger partial charge in [-0.15, -0.1) is 0 Å². The molecule has 5 nitrogen and oxygen atoms in total. The average molecular weight is 423 g/mol. The molecule has 0 bridgehead atoms. The van der Waals surface area contributed by atoms with Gasteiger partial charge in [0.15, 0.2) is 0 Å². The van der Waals surface area contributed by atoms with Gasteiger partial charge in [0.05, 0.1) is 4.90 Å². The first-order chi connectivity index (χ1) is 12.0. The minimum Gasteiger partial charge on any atom is -0.349 e. The smallest absolute Gasteiger partial charge is 0.251 e. The molecule has 132 valence electrons. The zero-order valence-electron chi connectivity index (χ0n) is 13.6. The van der Waals surface area contributed by atoms with E-state index in [4.69, 9.17) is 0 Å². The molecule has 1 amide bonds. The number of nitrogens with zero attached hydrogens (tertiary/aromatic N) is 1. The third-order valence-electron chi connectivity index (χ3n) is 4.26. The Morgan fingerprint density at radius 2 is 1.72 bits per heavy atom. The first-order valence-corrected chi connectivity index (χ1v) is 10.3. The largest absolute Gasteiger partial charge is 0.349 e. The molecule has 7 heteroatoms. The summed E-state index contributed by atoms with van der Waals surface area (Å²) in [4.78, 5) is 12.5. The highest BCUT2D eigenvalue weighted by Crippen LogP contribution is 2.23. The number of nitrogens with one attached hydrogen (secondary N) is 1. The van der Waals surface area contributed by atoms with Gasteiger partial charge < -0.3 is 5.32 Å². The summed E-state index contributed by atoms with van der Waals surface area (Å²) in [7, 11) is -3.50. The van der Waals surface area contributed by atoms with E-state index in [0.717, 1.165) is 4.47 Å². The van der Waals surface area contributed by atoms with Crippen molar-refractivity contribution in [3.63, 3.8) is 0 Å². The van der Waals surface area contributed by atoms with Crippen molar-refractivity contribution in [2.24, 2.45) is 0 Å². The van der Waals surface area contributed by atoms with Crippen molar-refractivity contribution in [3.05, 3.63) is 64.6 Å². The molecule has 1 aliphatic rings. The lowest BCUT2D eigenvalue weighted by Crippen LogP contribution is -2.46. The van der Waals surface area contributed by atoms with E-state index >= 15 is 0 Å². The SMILES string of the molecule is O=C(NC1CCN(S(=O)(=O)c2cccc(Br)c2)CC1)c1ccccc1. The van der Waals surface area contributed by atoms with Crippen LogP contribution in [0.2, 0.25) is 0 Å². The maximum atomic E-state index is 12.7. The maximum Gasteiger partial charge on any atom is 0.251 e. The molecule has 1 saturated heterocycles. The van der Waals surface area contributed by atoms with Gasteiger partial charge in [0.2, 0.25) is 10.0 Å². The fourth-order valence-corrected chi connectivity index (χ4v) is 4.94. The Hall–Kier alpha value is -1.70. The number of halogens is 1. The predicted molar refractivity (Wildman–Crippen MR) is 99.8 cm³/mol. The monoisotopic (exact) mass is 422 g/mol. The summed E-state index contributed by atoms with van der Waals surface area (Å²) in [6.07, 6.45) is 1.21. The lowest BCUT2D eigenvalue weighted by molar-refractivity contribution is 0.0924. The number of rotatable bonds is 4. The summed E-state index contributed by atoms with van der Waals surface area (Å²) in [5.41, 5.74) is 0.617. The molecule has 0 aromatic heterocycles. The zero-order chi connectivity index (χ0) is 17.9. The molecule has 1 fully saturated rings. The number of amides is 1. The van der Waals surface area contributed by atoms with Crippen LogP contribution in [0.5, 0.6) is 0 Å². The van der Waals surface area contributed by atoms with Gasteiger partial charge in [-0.25, -0.2) is 8.42 Å². The first kappa shape index (κ1) is 18.1. The van der Waals surface area contributed by atoms with Crippen LogP contribution in [0.3, 0.4) is 0 Å². The van der Waals surface area contributed by atoms with Gasteiger partial charge in [0, 0.05) is 29.2 Å². The van der Waals surface area contributed by atoms with Gasteiger partial charge in [-0.05, 0) is 43.2 Å². The van der Waals surface area contributed by atoms with Crippen molar-refractivity contribution in [3.8, 4) is 0 Å². The van der Waals surface area contributed by atoms with Crippen LogP contribution in [-0.2, 0) is 10.0 Å². The quantitative estimate of drug-likeness (QED) is 0.822. The van der Waals surface area contributed by atoms with Crippen LogP contribution in [0.25, 0.3) is 0 Å². The third-order valence-corrected chi connectivity index (χ3v) is 6.65. The molecule has 1 heterocycles. The van der Waals surface area contributed by atoms with E-state index in [1.807, 2.05) is 18.2 Å². The van der Waals surface area contributed by atoms with Crippen molar-refractivity contribution in [1.82, 2.24) is 9.62 Å². The standard InChI is InChI=1S/C18H19BrN2O3S/c19-15-7-4-8-17(13-15)25(23,24)21-11-9-16(10-12-21)20-18(22)14-5-2-1-3-6-14/h1-8,13,16H,9-12H2,(H,20,22). The Morgan fingerprint density at radius 1 is 1.04 bits per heavy atom. The summed E-state index contributed by atoms with van der Waals surface area (Å²) in [5.74, 6) is -0.117. The molecule has 0 saturated carbocycles. The van der Waals surface area contributed by atoms with E-state index in [-0.39, 0.29) is 16.8 Å². The molecule has 3 rings (SSSR count). The van der Waals surface area contributed by atoms with Crippen molar-refractivity contribution in [2.75, 3.05) is 13.1 Å². The van der Waals surface area contributed by atoms with Gasteiger partial charge in [-0.1, -0.05) is 40.2 Å². The van der Waals surface area contributed by atoms with Crippen molar-refractivity contribution < 1.29 is 13.2 Å². The van der Waals surface area contributed by atoms with Gasteiger partial charge in [-0.2, -0.15) is 4.31 Å². The van der Waals surface area contributed by atoms with E-state index in [2.05, 4.69) is 21.2 Å². The molecule has 2 aromatic rings. The van der Waals surface area contributed by atoms with Crippen LogP contribution >= 0.6 is 15.9 Å². The molecule has 0 unspecified atom stereocenters. The van der Waals surface area contributed by atoms with Gasteiger partial charge >= 0.3 is 0 Å². The number of sulfonamides is 1. The van der Waals surface area contributed by atoms with E-state index in [1.165, 1.54) is 4.31 Å². The summed E-state index contributed by atoms with van der Waals surface area (Å²) < 4.78 is 27.6. The van der Waals surface area contributed by atoms with Gasteiger partial charge in [0.25, 0.3) is 5.91 Å². The van der Waals surface area contributed by atoms with E-state index < -0.39 is 10.0 Å². The second-order valence-electron chi connectivity index (χ2n) is 5.98. The highest BCUT2D eigenvalue weighted by Gasteiger charge is 2.30. The molecule has 1 aliphatic heterocycles. The average Bonchev–Trinajstić information content (AvgIpc) is 2.63. The molecule has 2 aromatic carbocycles. The molecule has 0 aliphatic carbocycles. The Balaban J connectivity index is 1.61. The van der Waals surface area contributed by atoms with Gasteiger partial charge in [0.1, 0.15) is 0 Å². The molecule has 1 N–H and O–H groups in total. The molecule has 0 radical (unpaired) electrons. The van der Waals surface area contributed by atoms with Crippen molar-refractivity contribution in [1.29, 1.82) is 0 Å². The fourth-order valence-electron chi connectivity index (χ4n) is 2.88. The lowest BCUT2D eigenvalue weighted by Gasteiger charge is -2.31. The molecular formula is C18H19BrN2O3S. The normalized spacial score (nSPS) is 16.5.